The van der Waals surface area contributed by atoms with Gasteiger partial charge in [-0.1, -0.05) is 141 Å². The van der Waals surface area contributed by atoms with E-state index in [1.54, 1.807) is 24.3 Å². The molecule has 4 aromatic carbocycles. The van der Waals surface area contributed by atoms with Gasteiger partial charge in [0.1, 0.15) is 20.2 Å². The van der Waals surface area contributed by atoms with Crippen LogP contribution >= 0.6 is 0 Å². The Bertz CT molecular complexity index is 1770. The Labute approximate surface area is 361 Å². The summed E-state index contributed by atoms with van der Waals surface area (Å²) < 4.78 is 68.4. The van der Waals surface area contributed by atoms with Crippen LogP contribution in [0.1, 0.15) is 153 Å². The molecule has 0 aliphatic rings. The number of unbranched alkanes of at least 4 members (excludes halogenated alkanes) is 12. The number of hydrogen-bond acceptors (Lipinski definition) is 6. The predicted octanol–water partition coefficient (Wildman–Crippen LogP) is 11.6. The number of fused-ring (bicyclic) bond motifs is 2. The average Bonchev–Trinajstić information content (AvgIpc) is 3.11. The van der Waals surface area contributed by atoms with Crippen LogP contribution < -0.4 is 0 Å². The number of hydrogen-bond donors (Lipinski definition) is 0. The maximum absolute atomic E-state index is 11.4. The monoisotopic (exact) mass is 888 g/mol. The molecule has 0 bridgehead atoms. The van der Waals surface area contributed by atoms with Crippen LogP contribution in [0.2, 0.25) is 0 Å². The summed E-state index contributed by atoms with van der Waals surface area (Å²) in [7, 11) is -8.84. The van der Waals surface area contributed by atoms with Gasteiger partial charge < -0.3 is 9.11 Å². The molecule has 0 radical (unpaired) electrons. The second-order valence-corrected chi connectivity index (χ2v) is 17.2. The molecule has 288 valence electrons. The molecule has 0 aliphatic heterocycles. The Hall–Kier alpha value is -1.21. The zero-order valence-electron chi connectivity index (χ0n) is 32.9. The number of benzene rings is 4. The third-order valence-electron chi connectivity index (χ3n) is 9.96. The molecule has 0 fully saturated rings. The summed E-state index contributed by atoms with van der Waals surface area (Å²) in [6.07, 6.45) is 23.2. The SMILES string of the molecule is CCCCCCc1cc(CCCCCC)c2cc(S(=O)(=O)[O-])ccc2c1.CCCCCCc1cc(CCCCCC)c2cc(S(=O)(=O)[O-])ccc2c1.[Ba+2]. The molecule has 0 N–H and O–H groups in total. The van der Waals surface area contributed by atoms with Gasteiger partial charge in [0.25, 0.3) is 0 Å². The van der Waals surface area contributed by atoms with Gasteiger partial charge in [-0.3, -0.25) is 0 Å². The maximum Gasteiger partial charge on any atom is 2.00 e. The molecule has 4 aromatic rings. The second-order valence-electron chi connectivity index (χ2n) is 14.4. The molecule has 9 heteroatoms. The van der Waals surface area contributed by atoms with E-state index in [4.69, 9.17) is 0 Å². The molecule has 0 aromatic heterocycles. The van der Waals surface area contributed by atoms with Gasteiger partial charge in [0.05, 0.1) is 9.79 Å². The Morgan fingerprint density at radius 2 is 0.736 bits per heavy atom. The molecular weight excluding hydrogens is 826 g/mol. The van der Waals surface area contributed by atoms with Crippen LogP contribution in [0.4, 0.5) is 0 Å². The van der Waals surface area contributed by atoms with E-state index in [1.807, 2.05) is 0 Å². The number of aryl methyl sites for hydroxylation is 4. The second kappa shape index (κ2) is 25.1. The number of rotatable bonds is 22. The fraction of sp³-hybridized carbons (Fsp3) is 0.545. The molecule has 0 aliphatic carbocycles. The van der Waals surface area contributed by atoms with Gasteiger partial charge in [0.15, 0.2) is 0 Å². The summed E-state index contributed by atoms with van der Waals surface area (Å²) >= 11 is 0. The molecule has 0 atom stereocenters. The largest absolute Gasteiger partial charge is 2.00 e. The van der Waals surface area contributed by atoms with Gasteiger partial charge in [-0.15, -0.1) is 0 Å². The van der Waals surface area contributed by atoms with E-state index in [1.165, 1.54) is 124 Å². The van der Waals surface area contributed by atoms with E-state index in [9.17, 15) is 25.9 Å². The van der Waals surface area contributed by atoms with Crippen molar-refractivity contribution in [2.24, 2.45) is 0 Å². The van der Waals surface area contributed by atoms with E-state index in [-0.39, 0.29) is 58.7 Å². The fourth-order valence-electron chi connectivity index (χ4n) is 6.97. The van der Waals surface area contributed by atoms with Crippen molar-refractivity contribution < 1.29 is 25.9 Å². The average molecular weight is 888 g/mol. The Morgan fingerprint density at radius 1 is 0.415 bits per heavy atom. The molecule has 0 saturated carbocycles. The quantitative estimate of drug-likeness (QED) is 0.0441. The summed E-state index contributed by atoms with van der Waals surface area (Å²) in [6.45, 7) is 8.81. The van der Waals surface area contributed by atoms with Crippen LogP contribution in [0, 0.1) is 0 Å². The smallest absolute Gasteiger partial charge is 0.744 e. The minimum atomic E-state index is -4.42. The van der Waals surface area contributed by atoms with Crippen molar-refractivity contribution in [3.05, 3.63) is 82.9 Å². The molecule has 0 amide bonds. The molecule has 0 saturated heterocycles. The topological polar surface area (TPSA) is 114 Å². The first kappa shape index (κ1) is 47.9. The van der Waals surface area contributed by atoms with Crippen molar-refractivity contribution in [3.8, 4) is 0 Å². The minimum absolute atomic E-state index is 0. The summed E-state index contributed by atoms with van der Waals surface area (Å²) in [5, 5.41) is 3.90. The van der Waals surface area contributed by atoms with E-state index in [0.29, 0.717) is 0 Å². The molecule has 53 heavy (non-hydrogen) atoms. The van der Waals surface area contributed by atoms with Crippen LogP contribution in [0.3, 0.4) is 0 Å². The third-order valence-corrected chi connectivity index (χ3v) is 11.6. The molecule has 6 nitrogen and oxygen atoms in total. The van der Waals surface area contributed by atoms with E-state index in [2.05, 4.69) is 52.0 Å². The molecule has 4 rings (SSSR count). The summed E-state index contributed by atoms with van der Waals surface area (Å²) in [6, 6.07) is 18.3. The van der Waals surface area contributed by atoms with Crippen molar-refractivity contribution in [1.82, 2.24) is 0 Å². The van der Waals surface area contributed by atoms with Crippen LogP contribution in [-0.2, 0) is 45.9 Å². The first-order valence-corrected chi connectivity index (χ1v) is 22.8. The zero-order valence-corrected chi connectivity index (χ0v) is 39.0. The predicted molar refractivity (Wildman–Crippen MR) is 221 cm³/mol. The minimum Gasteiger partial charge on any atom is -0.744 e. The maximum atomic E-state index is 11.4. The summed E-state index contributed by atoms with van der Waals surface area (Å²) in [4.78, 5) is -0.258. The molecule has 0 unspecified atom stereocenters. The summed E-state index contributed by atoms with van der Waals surface area (Å²) in [5.41, 5.74) is 4.98. The fourth-order valence-corrected chi connectivity index (χ4v) is 7.97. The van der Waals surface area contributed by atoms with E-state index in [0.717, 1.165) is 60.1 Å². The van der Waals surface area contributed by atoms with Crippen molar-refractivity contribution in [1.29, 1.82) is 0 Å². The first-order chi connectivity index (χ1) is 24.9. The normalized spacial score (nSPS) is 11.7. The van der Waals surface area contributed by atoms with Crippen molar-refractivity contribution in [2.75, 3.05) is 0 Å². The molecular formula is C44H62BaO6S2. The van der Waals surface area contributed by atoms with Crippen LogP contribution in [-0.4, -0.2) is 74.8 Å². The summed E-state index contributed by atoms with van der Waals surface area (Å²) in [5.74, 6) is 0. The third kappa shape index (κ3) is 16.8. The Balaban J connectivity index is 0.000000360. The van der Waals surface area contributed by atoms with E-state index >= 15 is 0 Å². The van der Waals surface area contributed by atoms with Gasteiger partial charge in [0, 0.05) is 0 Å². The van der Waals surface area contributed by atoms with Crippen molar-refractivity contribution in [2.45, 2.75) is 166 Å². The zero-order chi connectivity index (χ0) is 38.0. The molecule has 0 heterocycles. The first-order valence-electron chi connectivity index (χ1n) is 19.9. The van der Waals surface area contributed by atoms with Crippen molar-refractivity contribution in [3.63, 3.8) is 0 Å². The van der Waals surface area contributed by atoms with Crippen molar-refractivity contribution >= 4 is 90.7 Å². The van der Waals surface area contributed by atoms with Crippen LogP contribution in [0.15, 0.2) is 70.5 Å². The Kier molecular flexibility index (Phi) is 22.7. The van der Waals surface area contributed by atoms with Gasteiger partial charge >= 0.3 is 48.9 Å². The van der Waals surface area contributed by atoms with Gasteiger partial charge in [0.2, 0.25) is 0 Å². The standard InChI is InChI=1S/2C22H32O3S.Ba/c2*1-3-5-7-9-11-18-15-19(12-10-8-6-4-2)22-17-21(26(23,24)25)14-13-20(22)16-18;/h2*13-17H,3-12H2,1-2H3,(H,23,24,25);/q;;+2/p-2. The molecule has 0 spiro atoms. The van der Waals surface area contributed by atoms with Crippen LogP contribution in [0.5, 0.6) is 0 Å². The van der Waals surface area contributed by atoms with Gasteiger partial charge in [-0.25, -0.2) is 16.8 Å². The van der Waals surface area contributed by atoms with Gasteiger partial charge in [-0.2, -0.15) is 0 Å². The van der Waals surface area contributed by atoms with Crippen LogP contribution in [0.25, 0.3) is 21.5 Å². The Morgan fingerprint density at radius 3 is 1.04 bits per heavy atom. The van der Waals surface area contributed by atoms with Gasteiger partial charge in [-0.05, 0) is 119 Å². The van der Waals surface area contributed by atoms with E-state index < -0.39 is 20.2 Å².